The molecule has 6 heteroatoms. The van der Waals surface area contributed by atoms with Crippen LogP contribution in [0.15, 0.2) is 4.99 Å². The number of methoxy groups -OCH3 is 1. The zero-order valence-corrected chi connectivity index (χ0v) is 13.9. The molecule has 0 amide bonds. The lowest BCUT2D eigenvalue weighted by atomic mass is 9.94. The number of hydrogen-bond donors (Lipinski definition) is 2. The topological polar surface area (TPSA) is 68.9 Å². The molecule has 5 nitrogen and oxygen atoms in total. The largest absolute Gasteiger partial charge is 0.381 e. The molecule has 1 rings (SSSR count). The molecule has 0 aromatic carbocycles. The van der Waals surface area contributed by atoms with Crippen molar-refractivity contribution in [2.75, 3.05) is 26.9 Å². The Labute approximate surface area is 127 Å². The molecular weight excluding hydrogens is 345 g/mol. The monoisotopic (exact) mass is 371 g/mol. The second-order valence-corrected chi connectivity index (χ2v) is 4.65. The van der Waals surface area contributed by atoms with E-state index in [-0.39, 0.29) is 29.6 Å². The maximum absolute atomic E-state index is 5.83. The van der Waals surface area contributed by atoms with Gasteiger partial charge in [0.05, 0.1) is 12.1 Å². The first-order chi connectivity index (χ1) is 8.12. The lowest BCUT2D eigenvalue weighted by Crippen LogP contribution is -2.43. The molecule has 0 aromatic heterocycles. The normalized spacial score (nSPS) is 20.9. The van der Waals surface area contributed by atoms with Crippen molar-refractivity contribution < 1.29 is 9.47 Å². The minimum atomic E-state index is -0.194. The van der Waals surface area contributed by atoms with E-state index in [2.05, 4.69) is 24.2 Å². The van der Waals surface area contributed by atoms with Crippen LogP contribution in [-0.2, 0) is 9.47 Å². The summed E-state index contributed by atoms with van der Waals surface area (Å²) in [6, 6.07) is 0.354. The van der Waals surface area contributed by atoms with Gasteiger partial charge < -0.3 is 20.5 Å². The van der Waals surface area contributed by atoms with Crippen LogP contribution in [0.25, 0.3) is 0 Å². The summed E-state index contributed by atoms with van der Waals surface area (Å²) in [5, 5.41) is 3.15. The zero-order valence-electron chi connectivity index (χ0n) is 11.6. The highest BCUT2D eigenvalue weighted by Crippen LogP contribution is 2.24. The summed E-state index contributed by atoms with van der Waals surface area (Å²) in [6.07, 6.45) is 2.78. The van der Waals surface area contributed by atoms with Gasteiger partial charge >= 0.3 is 0 Å². The first kappa shape index (κ1) is 17.9. The van der Waals surface area contributed by atoms with E-state index < -0.39 is 0 Å². The Morgan fingerprint density at radius 1 is 1.50 bits per heavy atom. The van der Waals surface area contributed by atoms with Crippen LogP contribution in [0, 0.1) is 0 Å². The number of rotatable bonds is 5. The van der Waals surface area contributed by atoms with Crippen molar-refractivity contribution in [3.63, 3.8) is 0 Å². The Bertz CT molecular complexity index is 256. The smallest absolute Gasteiger partial charge is 0.188 e. The van der Waals surface area contributed by atoms with Crippen molar-refractivity contribution in [2.45, 2.75) is 44.8 Å². The van der Waals surface area contributed by atoms with Crippen molar-refractivity contribution in [3.8, 4) is 0 Å². The first-order valence-corrected chi connectivity index (χ1v) is 6.31. The van der Waals surface area contributed by atoms with E-state index in [1.165, 1.54) is 0 Å². The van der Waals surface area contributed by atoms with Crippen LogP contribution in [0.5, 0.6) is 0 Å². The molecule has 1 unspecified atom stereocenters. The Kier molecular flexibility index (Phi) is 8.89. The molecule has 18 heavy (non-hydrogen) atoms. The van der Waals surface area contributed by atoms with Crippen molar-refractivity contribution in [2.24, 2.45) is 10.7 Å². The molecule has 0 bridgehead atoms. The molecule has 1 fully saturated rings. The molecular formula is C12H26IN3O2. The van der Waals surface area contributed by atoms with Gasteiger partial charge in [0.15, 0.2) is 5.96 Å². The van der Waals surface area contributed by atoms with Gasteiger partial charge in [-0.05, 0) is 13.3 Å². The standard InChI is InChI=1S/C12H25N3O2.HI/c1-4-10(2)15-11(13)14-9-12(16-3)5-7-17-8-6-12;/h10H,4-9H2,1-3H3,(H3,13,14,15);1H. The van der Waals surface area contributed by atoms with Crippen LogP contribution in [0.4, 0.5) is 0 Å². The SMILES string of the molecule is CCC(C)NC(N)=NCC1(OC)CCOCC1.I. The van der Waals surface area contributed by atoms with E-state index in [0.29, 0.717) is 18.5 Å². The minimum Gasteiger partial charge on any atom is -0.381 e. The molecule has 108 valence electrons. The highest BCUT2D eigenvalue weighted by molar-refractivity contribution is 14.0. The van der Waals surface area contributed by atoms with Gasteiger partial charge in [0.1, 0.15) is 0 Å². The van der Waals surface area contributed by atoms with Crippen molar-refractivity contribution >= 4 is 29.9 Å². The average Bonchev–Trinajstić information content (AvgIpc) is 2.37. The van der Waals surface area contributed by atoms with Crippen LogP contribution in [0.2, 0.25) is 0 Å². The summed E-state index contributed by atoms with van der Waals surface area (Å²) >= 11 is 0. The van der Waals surface area contributed by atoms with Gasteiger partial charge in [-0.1, -0.05) is 6.92 Å². The Morgan fingerprint density at radius 2 is 2.11 bits per heavy atom. The van der Waals surface area contributed by atoms with E-state index >= 15 is 0 Å². The number of nitrogens with two attached hydrogens (primary N) is 1. The predicted octanol–water partition coefficient (Wildman–Crippen LogP) is 1.50. The maximum atomic E-state index is 5.83. The molecule has 1 atom stereocenters. The second-order valence-electron chi connectivity index (χ2n) is 4.65. The van der Waals surface area contributed by atoms with Crippen LogP contribution < -0.4 is 11.1 Å². The molecule has 0 saturated carbocycles. The first-order valence-electron chi connectivity index (χ1n) is 6.31. The van der Waals surface area contributed by atoms with Crippen molar-refractivity contribution in [1.82, 2.24) is 5.32 Å². The molecule has 1 aliphatic rings. The van der Waals surface area contributed by atoms with Crippen molar-refractivity contribution in [1.29, 1.82) is 0 Å². The van der Waals surface area contributed by atoms with E-state index in [0.717, 1.165) is 32.5 Å². The fourth-order valence-electron chi connectivity index (χ4n) is 1.80. The number of nitrogens with one attached hydrogen (secondary N) is 1. The minimum absolute atomic E-state index is 0. The highest BCUT2D eigenvalue weighted by Gasteiger charge is 2.32. The summed E-state index contributed by atoms with van der Waals surface area (Å²) in [4.78, 5) is 4.38. The second kappa shape index (κ2) is 8.92. The lowest BCUT2D eigenvalue weighted by molar-refractivity contribution is -0.0828. The van der Waals surface area contributed by atoms with Crippen LogP contribution in [0.1, 0.15) is 33.1 Å². The lowest BCUT2D eigenvalue weighted by Gasteiger charge is -2.34. The molecule has 1 saturated heterocycles. The van der Waals surface area contributed by atoms with Gasteiger partial charge in [-0.2, -0.15) is 0 Å². The molecule has 3 N–H and O–H groups in total. The van der Waals surface area contributed by atoms with Gasteiger partial charge in [0.2, 0.25) is 0 Å². The van der Waals surface area contributed by atoms with E-state index in [4.69, 9.17) is 15.2 Å². The average molecular weight is 371 g/mol. The third-order valence-electron chi connectivity index (χ3n) is 3.38. The highest BCUT2D eigenvalue weighted by atomic mass is 127. The third kappa shape index (κ3) is 5.71. The third-order valence-corrected chi connectivity index (χ3v) is 3.38. The number of guanidine groups is 1. The van der Waals surface area contributed by atoms with Gasteiger partial charge in [-0.3, -0.25) is 4.99 Å². The van der Waals surface area contributed by atoms with Gasteiger partial charge in [0, 0.05) is 39.2 Å². The Hall–Kier alpha value is -0.0800. The van der Waals surface area contributed by atoms with Crippen LogP contribution in [0.3, 0.4) is 0 Å². The van der Waals surface area contributed by atoms with E-state index in [1.807, 2.05) is 0 Å². The summed E-state index contributed by atoms with van der Waals surface area (Å²) in [7, 11) is 1.74. The number of aliphatic imine (C=N–C) groups is 1. The van der Waals surface area contributed by atoms with Gasteiger partial charge in [-0.15, -0.1) is 24.0 Å². The number of hydrogen-bond acceptors (Lipinski definition) is 3. The fraction of sp³-hybridized carbons (Fsp3) is 0.917. The molecule has 0 aromatic rings. The van der Waals surface area contributed by atoms with E-state index in [9.17, 15) is 0 Å². The number of halogens is 1. The molecule has 1 aliphatic heterocycles. The Morgan fingerprint density at radius 3 is 2.61 bits per heavy atom. The number of nitrogens with zero attached hydrogens (tertiary/aromatic N) is 1. The number of ether oxygens (including phenoxy) is 2. The summed E-state index contributed by atoms with van der Waals surface area (Å²) < 4.78 is 10.9. The molecule has 0 radical (unpaired) electrons. The molecule has 0 aliphatic carbocycles. The molecule has 0 spiro atoms. The van der Waals surface area contributed by atoms with Gasteiger partial charge in [0.25, 0.3) is 0 Å². The summed E-state index contributed by atoms with van der Waals surface area (Å²) in [6.45, 7) is 6.27. The maximum Gasteiger partial charge on any atom is 0.188 e. The van der Waals surface area contributed by atoms with Crippen LogP contribution >= 0.6 is 24.0 Å². The fourth-order valence-corrected chi connectivity index (χ4v) is 1.80. The Balaban J connectivity index is 0.00000289. The summed E-state index contributed by atoms with van der Waals surface area (Å²) in [5.41, 5.74) is 5.64. The van der Waals surface area contributed by atoms with Gasteiger partial charge in [-0.25, -0.2) is 0 Å². The van der Waals surface area contributed by atoms with Crippen molar-refractivity contribution in [3.05, 3.63) is 0 Å². The van der Waals surface area contributed by atoms with Crippen LogP contribution in [-0.4, -0.2) is 44.5 Å². The van der Waals surface area contributed by atoms with E-state index in [1.54, 1.807) is 7.11 Å². The predicted molar refractivity (Wildman–Crippen MR) is 84.6 cm³/mol. The molecule has 1 heterocycles. The zero-order chi connectivity index (χ0) is 12.7. The summed E-state index contributed by atoms with van der Waals surface area (Å²) in [5.74, 6) is 0.502. The quantitative estimate of drug-likeness (QED) is 0.437.